The third kappa shape index (κ3) is 38.0. The summed E-state index contributed by atoms with van der Waals surface area (Å²) in [6, 6.07) is 0. The Morgan fingerprint density at radius 2 is 2.00 bits per heavy atom. The van der Waals surface area contributed by atoms with Crippen LogP contribution in [0.1, 0.15) is 6.92 Å². The summed E-state index contributed by atoms with van der Waals surface area (Å²) in [5, 5.41) is 13.3. The van der Waals surface area contributed by atoms with Crippen molar-refractivity contribution in [1.29, 1.82) is 5.41 Å². The maximum absolute atomic E-state index is 9.00. The molecule has 0 radical (unpaired) electrons. The summed E-state index contributed by atoms with van der Waals surface area (Å²) in [7, 11) is 0. The highest BCUT2D eigenvalue weighted by Gasteiger charge is 1.65. The van der Waals surface area contributed by atoms with E-state index in [4.69, 9.17) is 15.3 Å². The molecule has 7 heavy (non-hydrogen) atoms. The Balaban J connectivity index is 0. The molecule has 4 N–H and O–H groups in total. The average molecular weight is 104 g/mol. The Hall–Kier alpha value is -1.06. The Labute approximate surface area is 41.5 Å². The third-order valence-corrected chi connectivity index (χ3v) is 0. The van der Waals surface area contributed by atoms with E-state index in [0.29, 0.717) is 0 Å². The largest absolute Gasteiger partial charge is 0.481 e. The molecule has 0 aromatic rings. The van der Waals surface area contributed by atoms with Crippen molar-refractivity contribution in [1.82, 2.24) is 0 Å². The molecule has 0 saturated carbocycles. The summed E-state index contributed by atoms with van der Waals surface area (Å²) in [5.74, 6) is -0.833. The van der Waals surface area contributed by atoms with Crippen molar-refractivity contribution in [2.75, 3.05) is 0 Å². The topological polar surface area (TPSA) is 87.2 Å². The summed E-state index contributed by atoms with van der Waals surface area (Å²) in [6.07, 6.45) is 0.750. The highest BCUT2D eigenvalue weighted by molar-refractivity contribution is 5.62. The van der Waals surface area contributed by atoms with E-state index in [1.165, 1.54) is 0 Å². The standard InChI is InChI=1S/C2H4O2.CH4N2/c1-2(3)4;2-1-3/h1H3,(H,3,4);1H,(H3,2,3). The van der Waals surface area contributed by atoms with Crippen LogP contribution in [0.15, 0.2) is 0 Å². The summed E-state index contributed by atoms with van der Waals surface area (Å²) >= 11 is 0. The molecule has 4 heteroatoms. The molecule has 0 atom stereocenters. The number of nitrogens with one attached hydrogen (secondary N) is 1. The molecule has 4 nitrogen and oxygen atoms in total. The van der Waals surface area contributed by atoms with Gasteiger partial charge in [0.15, 0.2) is 0 Å². The minimum atomic E-state index is -0.833. The van der Waals surface area contributed by atoms with E-state index in [1.54, 1.807) is 0 Å². The number of nitrogens with two attached hydrogens (primary N) is 1. The van der Waals surface area contributed by atoms with Gasteiger partial charge < -0.3 is 10.8 Å². The molecule has 0 bridgehead atoms. The smallest absolute Gasteiger partial charge is 0.300 e. The number of hydrogen-bond acceptors (Lipinski definition) is 2. The van der Waals surface area contributed by atoms with Gasteiger partial charge in [-0.25, -0.2) is 0 Å². The Morgan fingerprint density at radius 3 is 2.00 bits per heavy atom. The summed E-state index contributed by atoms with van der Waals surface area (Å²) in [6.45, 7) is 1.08. The minimum absolute atomic E-state index is 0.750. The van der Waals surface area contributed by atoms with Gasteiger partial charge in [0.25, 0.3) is 5.97 Å². The van der Waals surface area contributed by atoms with Crippen LogP contribution in [-0.2, 0) is 4.79 Å². The van der Waals surface area contributed by atoms with Crippen LogP contribution in [0.3, 0.4) is 0 Å². The number of rotatable bonds is 0. The number of hydrogen-bond donors (Lipinski definition) is 3. The van der Waals surface area contributed by atoms with Crippen molar-refractivity contribution < 1.29 is 9.90 Å². The van der Waals surface area contributed by atoms with Crippen LogP contribution in [0, 0.1) is 5.41 Å². The molecule has 0 spiro atoms. The molecule has 0 aromatic heterocycles. The van der Waals surface area contributed by atoms with E-state index < -0.39 is 5.97 Å². The normalized spacial score (nSPS) is 5.29. The number of carboxylic acid groups (broad SMARTS) is 1. The molecule has 0 aliphatic rings. The van der Waals surface area contributed by atoms with E-state index in [-0.39, 0.29) is 0 Å². The molecule has 42 valence electrons. The summed E-state index contributed by atoms with van der Waals surface area (Å²) in [4.78, 5) is 9.00. The summed E-state index contributed by atoms with van der Waals surface area (Å²) in [5.41, 5.74) is 4.39. The number of aliphatic carboxylic acids is 1. The molecule has 0 fully saturated rings. The zero-order valence-electron chi connectivity index (χ0n) is 4.01. The van der Waals surface area contributed by atoms with Gasteiger partial charge in [-0.15, -0.1) is 0 Å². The lowest BCUT2D eigenvalue weighted by molar-refractivity contribution is -0.134. The highest BCUT2D eigenvalue weighted by atomic mass is 16.4. The van der Waals surface area contributed by atoms with Crippen LogP contribution in [0.4, 0.5) is 0 Å². The van der Waals surface area contributed by atoms with Crippen molar-refractivity contribution in [2.45, 2.75) is 6.92 Å². The molecule has 0 heterocycles. The minimum Gasteiger partial charge on any atom is -0.481 e. The van der Waals surface area contributed by atoms with Gasteiger partial charge in [-0.3, -0.25) is 10.2 Å². The SMILES string of the molecule is CC(=O)O.N=CN. The highest BCUT2D eigenvalue weighted by Crippen LogP contribution is 1.42. The predicted molar refractivity (Wildman–Crippen MR) is 26.3 cm³/mol. The van der Waals surface area contributed by atoms with Gasteiger partial charge in [-0.2, -0.15) is 0 Å². The van der Waals surface area contributed by atoms with E-state index in [0.717, 1.165) is 13.3 Å². The number of carboxylic acids is 1. The fourth-order valence-corrected chi connectivity index (χ4v) is 0. The second kappa shape index (κ2) is 8.87. The first-order valence-corrected chi connectivity index (χ1v) is 1.55. The molecule has 0 amide bonds. The fraction of sp³-hybridized carbons (Fsp3) is 0.333. The molecule has 0 saturated heterocycles. The average Bonchev–Trinajstić information content (AvgIpc) is 1.33. The molecule has 0 aliphatic heterocycles. The molecular weight excluding hydrogens is 96.0 g/mol. The van der Waals surface area contributed by atoms with Gasteiger partial charge in [-0.1, -0.05) is 0 Å². The second-order valence-electron chi connectivity index (χ2n) is 0.686. The van der Waals surface area contributed by atoms with Gasteiger partial charge in [0.05, 0.1) is 6.34 Å². The lowest BCUT2D eigenvalue weighted by atomic mass is 10.9. The van der Waals surface area contributed by atoms with Crippen LogP contribution < -0.4 is 5.73 Å². The van der Waals surface area contributed by atoms with Crippen LogP contribution in [0.2, 0.25) is 0 Å². The lowest BCUT2D eigenvalue weighted by Gasteiger charge is -1.59. The first-order chi connectivity index (χ1) is 3.15. The lowest BCUT2D eigenvalue weighted by Crippen LogP contribution is -1.81. The van der Waals surface area contributed by atoms with Gasteiger partial charge in [-0.05, 0) is 0 Å². The van der Waals surface area contributed by atoms with Crippen molar-refractivity contribution in [3.8, 4) is 0 Å². The van der Waals surface area contributed by atoms with Crippen LogP contribution in [0.5, 0.6) is 0 Å². The van der Waals surface area contributed by atoms with Gasteiger partial charge >= 0.3 is 0 Å². The van der Waals surface area contributed by atoms with E-state index >= 15 is 0 Å². The van der Waals surface area contributed by atoms with Crippen molar-refractivity contribution in [2.24, 2.45) is 5.73 Å². The Kier molecular flexibility index (Phi) is 11.8. The van der Waals surface area contributed by atoms with Crippen LogP contribution >= 0.6 is 0 Å². The van der Waals surface area contributed by atoms with E-state index in [1.807, 2.05) is 0 Å². The zero-order chi connectivity index (χ0) is 6.28. The zero-order valence-corrected chi connectivity index (χ0v) is 4.01. The van der Waals surface area contributed by atoms with Gasteiger partial charge in [0.1, 0.15) is 0 Å². The van der Waals surface area contributed by atoms with Gasteiger partial charge in [0, 0.05) is 6.92 Å². The molecular formula is C3H8N2O2. The Morgan fingerprint density at radius 1 is 2.00 bits per heavy atom. The maximum atomic E-state index is 9.00. The van der Waals surface area contributed by atoms with Crippen molar-refractivity contribution >= 4 is 12.3 Å². The quantitative estimate of drug-likeness (QED) is 0.290. The molecule has 0 aliphatic carbocycles. The predicted octanol–water partition coefficient (Wildman–Crippen LogP) is -0.357. The van der Waals surface area contributed by atoms with Crippen molar-refractivity contribution in [3.05, 3.63) is 0 Å². The van der Waals surface area contributed by atoms with Crippen molar-refractivity contribution in [3.63, 3.8) is 0 Å². The van der Waals surface area contributed by atoms with E-state index in [9.17, 15) is 0 Å². The Bertz CT molecular complexity index is 58.0. The molecule has 0 aromatic carbocycles. The first-order valence-electron chi connectivity index (χ1n) is 1.55. The first kappa shape index (κ1) is 9.34. The summed E-state index contributed by atoms with van der Waals surface area (Å²) < 4.78 is 0. The molecule has 0 unspecified atom stereocenters. The monoisotopic (exact) mass is 104 g/mol. The third-order valence-electron chi connectivity index (χ3n) is 0. The van der Waals surface area contributed by atoms with Crippen LogP contribution in [0.25, 0.3) is 0 Å². The molecule has 0 rings (SSSR count). The number of carbonyl (C=O) groups is 1. The fourth-order valence-electron chi connectivity index (χ4n) is 0. The second-order valence-corrected chi connectivity index (χ2v) is 0.686. The maximum Gasteiger partial charge on any atom is 0.300 e. The van der Waals surface area contributed by atoms with Crippen LogP contribution in [-0.4, -0.2) is 17.4 Å². The van der Waals surface area contributed by atoms with Gasteiger partial charge in [0.2, 0.25) is 0 Å². The van der Waals surface area contributed by atoms with E-state index in [2.05, 4.69) is 5.73 Å².